The first kappa shape index (κ1) is 29.0. The molecule has 0 bridgehead atoms. The van der Waals surface area contributed by atoms with E-state index in [1.54, 1.807) is 0 Å². The van der Waals surface area contributed by atoms with Gasteiger partial charge in [0.25, 0.3) is 0 Å². The Morgan fingerprint density at radius 1 is 0.889 bits per heavy atom. The lowest BCUT2D eigenvalue weighted by molar-refractivity contribution is -0.134. The highest BCUT2D eigenvalue weighted by atomic mass is 16.2. The molecule has 0 spiro atoms. The van der Waals surface area contributed by atoms with Gasteiger partial charge in [-0.3, -0.25) is 14.4 Å². The molecule has 2 atom stereocenters. The van der Waals surface area contributed by atoms with E-state index in [4.69, 9.17) is 17.2 Å². The van der Waals surface area contributed by atoms with Crippen molar-refractivity contribution in [3.63, 3.8) is 0 Å². The molecule has 2 aromatic rings. The van der Waals surface area contributed by atoms with Gasteiger partial charge in [0.2, 0.25) is 17.7 Å². The van der Waals surface area contributed by atoms with Crippen LogP contribution in [0.15, 0.2) is 54.6 Å². The van der Waals surface area contributed by atoms with E-state index < -0.39 is 18.0 Å². The average molecular weight is 497 g/mol. The number of hydrogen-bond donors (Lipinski definition) is 5. The van der Waals surface area contributed by atoms with Gasteiger partial charge in [0.15, 0.2) is 0 Å². The number of amides is 3. The number of nitrogens with zero attached hydrogens (tertiary/aromatic N) is 1. The molecule has 2 unspecified atom stereocenters. The van der Waals surface area contributed by atoms with Gasteiger partial charge in [-0.15, -0.1) is 0 Å². The molecule has 8 N–H and O–H groups in total. The SMILES string of the molecule is CC(C)c1ccc(NC(=O)C(CCc2ccccc2)NC(=O)C(N)CC(=O)N(CCN)CCN)cc1. The number of anilines is 1. The summed E-state index contributed by atoms with van der Waals surface area (Å²) in [4.78, 5) is 40.1. The second-order valence-electron chi connectivity index (χ2n) is 9.12. The molecule has 0 heterocycles. The number of carbonyl (C=O) groups is 3. The summed E-state index contributed by atoms with van der Waals surface area (Å²) in [5.74, 6) is -0.832. The molecule has 0 fully saturated rings. The van der Waals surface area contributed by atoms with E-state index in [0.29, 0.717) is 37.5 Å². The van der Waals surface area contributed by atoms with Crippen LogP contribution >= 0.6 is 0 Å². The summed E-state index contributed by atoms with van der Waals surface area (Å²) in [7, 11) is 0. The topological polar surface area (TPSA) is 157 Å². The summed E-state index contributed by atoms with van der Waals surface area (Å²) in [6, 6.07) is 15.4. The molecule has 0 radical (unpaired) electrons. The fraction of sp³-hybridized carbons (Fsp3) is 0.444. The Labute approximate surface area is 213 Å². The number of hydrogen-bond acceptors (Lipinski definition) is 6. The smallest absolute Gasteiger partial charge is 0.246 e. The maximum Gasteiger partial charge on any atom is 0.246 e. The van der Waals surface area contributed by atoms with Crippen LogP contribution in [0.5, 0.6) is 0 Å². The highest BCUT2D eigenvalue weighted by molar-refractivity contribution is 5.98. The van der Waals surface area contributed by atoms with Crippen LogP contribution in [0.3, 0.4) is 0 Å². The summed E-state index contributed by atoms with van der Waals surface area (Å²) >= 11 is 0. The first-order chi connectivity index (χ1) is 17.2. The zero-order valence-corrected chi connectivity index (χ0v) is 21.3. The predicted molar refractivity (Wildman–Crippen MR) is 143 cm³/mol. The Morgan fingerprint density at radius 2 is 1.50 bits per heavy atom. The van der Waals surface area contributed by atoms with Gasteiger partial charge in [-0.2, -0.15) is 0 Å². The zero-order valence-electron chi connectivity index (χ0n) is 21.3. The van der Waals surface area contributed by atoms with Crippen molar-refractivity contribution >= 4 is 23.4 Å². The Balaban J connectivity index is 2.08. The maximum atomic E-state index is 13.1. The number of nitrogens with one attached hydrogen (secondary N) is 2. The van der Waals surface area contributed by atoms with Gasteiger partial charge in [0.1, 0.15) is 6.04 Å². The van der Waals surface area contributed by atoms with Crippen molar-refractivity contribution in [3.8, 4) is 0 Å². The second-order valence-corrected chi connectivity index (χ2v) is 9.12. The van der Waals surface area contributed by atoms with Crippen molar-refractivity contribution in [2.75, 3.05) is 31.5 Å². The Hall–Kier alpha value is -3.27. The van der Waals surface area contributed by atoms with Crippen molar-refractivity contribution in [1.29, 1.82) is 0 Å². The van der Waals surface area contributed by atoms with E-state index in [1.165, 1.54) is 4.90 Å². The standard InChI is InChI=1S/C27H40N6O3/c1-19(2)21-9-11-22(12-10-21)31-27(36)24(13-8-20-6-4-3-5-7-20)32-26(35)23(30)18-25(34)33(16-14-28)17-15-29/h3-7,9-12,19,23-24H,8,13-18,28-30H2,1-2H3,(H,31,36)(H,32,35). The van der Waals surface area contributed by atoms with E-state index in [1.807, 2.05) is 54.6 Å². The number of rotatable bonds is 14. The van der Waals surface area contributed by atoms with Crippen molar-refractivity contribution in [3.05, 3.63) is 65.7 Å². The van der Waals surface area contributed by atoms with Crippen LogP contribution in [0.25, 0.3) is 0 Å². The van der Waals surface area contributed by atoms with E-state index in [2.05, 4.69) is 24.5 Å². The lowest BCUT2D eigenvalue weighted by atomic mass is 10.0. The summed E-state index contributed by atoms with van der Waals surface area (Å²) < 4.78 is 0. The van der Waals surface area contributed by atoms with Crippen molar-refractivity contribution in [2.45, 2.75) is 51.1 Å². The van der Waals surface area contributed by atoms with Gasteiger partial charge in [0.05, 0.1) is 12.5 Å². The van der Waals surface area contributed by atoms with Gasteiger partial charge in [-0.05, 0) is 42.0 Å². The largest absolute Gasteiger partial charge is 0.343 e. The lowest BCUT2D eigenvalue weighted by Gasteiger charge is -2.24. The van der Waals surface area contributed by atoms with Crippen LogP contribution in [0.1, 0.15) is 43.7 Å². The number of benzene rings is 2. The van der Waals surface area contributed by atoms with Gasteiger partial charge in [0, 0.05) is 31.9 Å². The molecule has 0 aromatic heterocycles. The van der Waals surface area contributed by atoms with Crippen LogP contribution in [-0.2, 0) is 20.8 Å². The first-order valence-corrected chi connectivity index (χ1v) is 12.4. The fourth-order valence-electron chi connectivity index (χ4n) is 3.77. The van der Waals surface area contributed by atoms with Gasteiger partial charge in [-0.1, -0.05) is 56.3 Å². The molecule has 0 aliphatic carbocycles. The molecule has 9 heteroatoms. The van der Waals surface area contributed by atoms with Gasteiger partial charge < -0.3 is 32.7 Å². The molecule has 36 heavy (non-hydrogen) atoms. The van der Waals surface area contributed by atoms with Crippen molar-refractivity contribution < 1.29 is 14.4 Å². The van der Waals surface area contributed by atoms with E-state index in [0.717, 1.165) is 11.1 Å². The minimum Gasteiger partial charge on any atom is -0.343 e. The lowest BCUT2D eigenvalue weighted by Crippen LogP contribution is -2.52. The quantitative estimate of drug-likeness (QED) is 0.266. The molecular weight excluding hydrogens is 456 g/mol. The fourth-order valence-corrected chi connectivity index (χ4v) is 3.77. The Kier molecular flexibility index (Phi) is 12.0. The summed E-state index contributed by atoms with van der Waals surface area (Å²) in [6.45, 7) is 5.44. The average Bonchev–Trinajstić information content (AvgIpc) is 2.87. The minimum absolute atomic E-state index is 0.199. The summed E-state index contributed by atoms with van der Waals surface area (Å²) in [6.07, 6.45) is 0.759. The highest BCUT2D eigenvalue weighted by Crippen LogP contribution is 2.17. The number of carbonyl (C=O) groups excluding carboxylic acids is 3. The molecule has 9 nitrogen and oxygen atoms in total. The first-order valence-electron chi connectivity index (χ1n) is 12.4. The predicted octanol–water partition coefficient (Wildman–Crippen LogP) is 1.33. The van der Waals surface area contributed by atoms with Gasteiger partial charge >= 0.3 is 0 Å². The Bertz CT molecular complexity index is 959. The molecule has 0 aliphatic heterocycles. The third-order valence-electron chi connectivity index (χ3n) is 5.92. The van der Waals surface area contributed by atoms with Crippen LogP contribution in [0.4, 0.5) is 5.69 Å². The van der Waals surface area contributed by atoms with Crippen molar-refractivity contribution in [2.24, 2.45) is 17.2 Å². The normalized spacial score (nSPS) is 12.6. The van der Waals surface area contributed by atoms with Gasteiger partial charge in [-0.25, -0.2) is 0 Å². The van der Waals surface area contributed by atoms with Crippen LogP contribution in [0.2, 0.25) is 0 Å². The van der Waals surface area contributed by atoms with Crippen molar-refractivity contribution in [1.82, 2.24) is 10.2 Å². The number of nitrogens with two attached hydrogens (primary N) is 3. The maximum absolute atomic E-state index is 13.1. The van der Waals surface area contributed by atoms with E-state index in [-0.39, 0.29) is 31.3 Å². The molecule has 2 aromatic carbocycles. The summed E-state index contributed by atoms with van der Waals surface area (Å²) in [5, 5.41) is 5.63. The molecular formula is C27H40N6O3. The zero-order chi connectivity index (χ0) is 26.5. The highest BCUT2D eigenvalue weighted by Gasteiger charge is 2.26. The molecule has 0 saturated heterocycles. The monoisotopic (exact) mass is 496 g/mol. The molecule has 196 valence electrons. The summed E-state index contributed by atoms with van der Waals surface area (Å²) in [5.41, 5.74) is 20.0. The second kappa shape index (κ2) is 15.0. The molecule has 2 rings (SSSR count). The van der Waals surface area contributed by atoms with E-state index in [9.17, 15) is 14.4 Å². The van der Waals surface area contributed by atoms with Crippen LogP contribution in [-0.4, -0.2) is 60.9 Å². The third-order valence-corrected chi connectivity index (χ3v) is 5.92. The van der Waals surface area contributed by atoms with Crippen LogP contribution < -0.4 is 27.8 Å². The molecule has 0 saturated carbocycles. The Morgan fingerprint density at radius 3 is 2.06 bits per heavy atom. The third kappa shape index (κ3) is 9.41. The van der Waals surface area contributed by atoms with Crippen LogP contribution in [0, 0.1) is 0 Å². The number of aryl methyl sites for hydroxylation is 1. The van der Waals surface area contributed by atoms with E-state index >= 15 is 0 Å². The molecule has 3 amide bonds. The molecule has 0 aliphatic rings. The minimum atomic E-state index is -1.10.